The molecule has 3 rings (SSSR count). The number of hydrogen-bond donors (Lipinski definition) is 1. The van der Waals surface area contributed by atoms with Crippen LogP contribution in [0.5, 0.6) is 0 Å². The van der Waals surface area contributed by atoms with Crippen molar-refractivity contribution in [1.29, 1.82) is 0 Å². The molecule has 1 atom stereocenters. The number of fused-ring (bicyclic) bond motifs is 1. The summed E-state index contributed by atoms with van der Waals surface area (Å²) in [5.41, 5.74) is 1.28. The molecule has 0 saturated heterocycles. The van der Waals surface area contributed by atoms with E-state index < -0.39 is 15.9 Å². The quantitative estimate of drug-likeness (QED) is 0.909. The summed E-state index contributed by atoms with van der Waals surface area (Å²) in [5, 5.41) is 10.3. The molecule has 0 heterocycles. The standard InChI is InChI=1S/C16H16O4S/c17-12-9-11-5-4-8-15(18)16(14(11)10-12)21(19,20)13-6-2-1-3-7-13/h1-3,6-7,9,15,18H,4-5,8,10H2. The van der Waals surface area contributed by atoms with Gasteiger partial charge in [-0.1, -0.05) is 18.2 Å². The molecule has 0 aliphatic heterocycles. The number of ketones is 1. The topological polar surface area (TPSA) is 71.4 Å². The van der Waals surface area contributed by atoms with Crippen molar-refractivity contribution in [3.8, 4) is 0 Å². The maximum absolute atomic E-state index is 12.8. The SMILES string of the molecule is O=C1C=C2CCCC(O)C(S(=O)(=O)c3ccccc3)=C2C1. The Labute approximate surface area is 123 Å². The number of carbonyl (C=O) groups excluding carboxylic acids is 1. The van der Waals surface area contributed by atoms with Crippen molar-refractivity contribution in [3.05, 3.63) is 52.5 Å². The van der Waals surface area contributed by atoms with E-state index in [0.717, 1.165) is 5.57 Å². The van der Waals surface area contributed by atoms with E-state index in [1.54, 1.807) is 18.2 Å². The summed E-state index contributed by atoms with van der Waals surface area (Å²) in [7, 11) is -3.78. The van der Waals surface area contributed by atoms with Crippen LogP contribution in [0.15, 0.2) is 57.4 Å². The van der Waals surface area contributed by atoms with Gasteiger partial charge >= 0.3 is 0 Å². The molecule has 0 amide bonds. The second-order valence-electron chi connectivity index (χ2n) is 5.38. The molecule has 0 aromatic heterocycles. The zero-order valence-electron chi connectivity index (χ0n) is 11.5. The minimum atomic E-state index is -3.78. The van der Waals surface area contributed by atoms with Gasteiger partial charge in [0.1, 0.15) is 0 Å². The van der Waals surface area contributed by atoms with Gasteiger partial charge in [0.05, 0.1) is 15.9 Å². The van der Waals surface area contributed by atoms with Gasteiger partial charge in [-0.3, -0.25) is 4.79 Å². The van der Waals surface area contributed by atoms with E-state index in [-0.39, 0.29) is 22.0 Å². The van der Waals surface area contributed by atoms with Crippen LogP contribution in [0, 0.1) is 0 Å². The van der Waals surface area contributed by atoms with Crippen LogP contribution >= 0.6 is 0 Å². The highest BCUT2D eigenvalue weighted by Crippen LogP contribution is 2.39. The van der Waals surface area contributed by atoms with E-state index >= 15 is 0 Å². The summed E-state index contributed by atoms with van der Waals surface area (Å²) in [5.74, 6) is -0.0881. The number of carbonyl (C=O) groups is 1. The van der Waals surface area contributed by atoms with Crippen LogP contribution in [-0.4, -0.2) is 25.4 Å². The summed E-state index contributed by atoms with van der Waals surface area (Å²) in [4.78, 5) is 11.8. The van der Waals surface area contributed by atoms with E-state index in [2.05, 4.69) is 0 Å². The van der Waals surface area contributed by atoms with E-state index in [9.17, 15) is 18.3 Å². The lowest BCUT2D eigenvalue weighted by molar-refractivity contribution is -0.113. The number of aliphatic hydroxyl groups is 1. The molecule has 0 saturated carbocycles. The molecule has 0 bridgehead atoms. The van der Waals surface area contributed by atoms with Crippen LogP contribution in [0.25, 0.3) is 0 Å². The fraction of sp³-hybridized carbons (Fsp3) is 0.312. The first kappa shape index (κ1) is 14.2. The monoisotopic (exact) mass is 304 g/mol. The molecule has 1 N–H and O–H groups in total. The van der Waals surface area contributed by atoms with Crippen molar-refractivity contribution in [2.75, 3.05) is 0 Å². The van der Waals surface area contributed by atoms with Crippen molar-refractivity contribution < 1.29 is 18.3 Å². The predicted octanol–water partition coefficient (Wildman–Crippen LogP) is 2.16. The second kappa shape index (κ2) is 5.24. The Hall–Kier alpha value is -1.72. The van der Waals surface area contributed by atoms with Crippen molar-refractivity contribution in [2.45, 2.75) is 36.7 Å². The molecule has 110 valence electrons. The maximum atomic E-state index is 12.8. The minimum absolute atomic E-state index is 0.0169. The molecule has 1 aromatic rings. The third-order valence-corrected chi connectivity index (χ3v) is 5.93. The second-order valence-corrected chi connectivity index (χ2v) is 7.30. The number of sulfone groups is 1. The van der Waals surface area contributed by atoms with Crippen LogP contribution in [0.1, 0.15) is 25.7 Å². The molecule has 2 aliphatic carbocycles. The van der Waals surface area contributed by atoms with E-state index in [4.69, 9.17) is 0 Å². The van der Waals surface area contributed by atoms with E-state index in [1.807, 2.05) is 0 Å². The number of aliphatic hydroxyl groups excluding tert-OH is 1. The first-order valence-electron chi connectivity index (χ1n) is 6.95. The molecule has 5 heteroatoms. The number of hydrogen-bond acceptors (Lipinski definition) is 4. The summed E-state index contributed by atoms with van der Waals surface area (Å²) in [6, 6.07) is 8.07. The summed E-state index contributed by atoms with van der Waals surface area (Å²) in [6.07, 6.45) is 2.28. The van der Waals surface area contributed by atoms with Crippen LogP contribution in [0.4, 0.5) is 0 Å². The molecule has 0 radical (unpaired) electrons. The Bertz CT molecular complexity index is 742. The first-order chi connectivity index (χ1) is 10.00. The lowest BCUT2D eigenvalue weighted by atomic mass is 10.1. The fourth-order valence-corrected chi connectivity index (χ4v) is 4.75. The van der Waals surface area contributed by atoms with E-state index in [0.29, 0.717) is 24.8 Å². The first-order valence-corrected chi connectivity index (χ1v) is 8.43. The molecule has 2 aliphatic rings. The van der Waals surface area contributed by atoms with E-state index in [1.165, 1.54) is 18.2 Å². The van der Waals surface area contributed by atoms with Crippen molar-refractivity contribution in [2.24, 2.45) is 0 Å². The van der Waals surface area contributed by atoms with Gasteiger partial charge in [0.15, 0.2) is 5.78 Å². The average molecular weight is 304 g/mol. The van der Waals surface area contributed by atoms with Gasteiger partial charge in [-0.15, -0.1) is 0 Å². The van der Waals surface area contributed by atoms with Gasteiger partial charge < -0.3 is 5.11 Å². The van der Waals surface area contributed by atoms with Crippen LogP contribution in [-0.2, 0) is 14.6 Å². The van der Waals surface area contributed by atoms with Gasteiger partial charge in [-0.25, -0.2) is 8.42 Å². The molecular formula is C16H16O4S. The minimum Gasteiger partial charge on any atom is -0.388 e. The smallest absolute Gasteiger partial charge is 0.205 e. The zero-order valence-corrected chi connectivity index (χ0v) is 12.3. The normalized spacial score (nSPS) is 22.8. The average Bonchev–Trinajstić information content (AvgIpc) is 2.72. The van der Waals surface area contributed by atoms with Gasteiger partial charge in [-0.2, -0.15) is 0 Å². The Kier molecular flexibility index (Phi) is 3.55. The highest BCUT2D eigenvalue weighted by atomic mass is 32.2. The summed E-state index contributed by atoms with van der Waals surface area (Å²) in [6.45, 7) is 0. The number of benzene rings is 1. The van der Waals surface area contributed by atoms with Gasteiger partial charge in [0.25, 0.3) is 0 Å². The lowest BCUT2D eigenvalue weighted by Crippen LogP contribution is -2.20. The maximum Gasteiger partial charge on any atom is 0.205 e. The largest absolute Gasteiger partial charge is 0.388 e. The molecule has 4 nitrogen and oxygen atoms in total. The molecular weight excluding hydrogens is 288 g/mol. The molecule has 0 spiro atoms. The molecule has 21 heavy (non-hydrogen) atoms. The summed E-state index contributed by atoms with van der Waals surface area (Å²) >= 11 is 0. The number of allylic oxidation sites excluding steroid dienone is 3. The van der Waals surface area contributed by atoms with Crippen molar-refractivity contribution in [1.82, 2.24) is 0 Å². The van der Waals surface area contributed by atoms with Crippen LogP contribution in [0.2, 0.25) is 0 Å². The molecule has 0 fully saturated rings. The third-order valence-electron chi connectivity index (χ3n) is 3.94. The Morgan fingerprint density at radius 2 is 1.86 bits per heavy atom. The van der Waals surface area contributed by atoms with Crippen molar-refractivity contribution in [3.63, 3.8) is 0 Å². The molecule has 1 aromatic carbocycles. The zero-order chi connectivity index (χ0) is 15.0. The van der Waals surface area contributed by atoms with Gasteiger partial charge in [0.2, 0.25) is 9.84 Å². The highest BCUT2D eigenvalue weighted by molar-refractivity contribution is 7.95. The Morgan fingerprint density at radius 1 is 1.14 bits per heavy atom. The van der Waals surface area contributed by atoms with Crippen LogP contribution < -0.4 is 0 Å². The summed E-state index contributed by atoms with van der Waals surface area (Å²) < 4.78 is 25.7. The number of rotatable bonds is 2. The Balaban J connectivity index is 2.20. The Morgan fingerprint density at radius 3 is 2.57 bits per heavy atom. The predicted molar refractivity (Wildman–Crippen MR) is 78.2 cm³/mol. The molecule has 1 unspecified atom stereocenters. The van der Waals surface area contributed by atoms with Crippen LogP contribution in [0.3, 0.4) is 0 Å². The van der Waals surface area contributed by atoms with Gasteiger partial charge in [0, 0.05) is 6.42 Å². The van der Waals surface area contributed by atoms with Gasteiger partial charge in [-0.05, 0) is 48.6 Å². The third kappa shape index (κ3) is 2.47. The van der Waals surface area contributed by atoms with Crippen molar-refractivity contribution >= 4 is 15.6 Å². The fourth-order valence-electron chi connectivity index (χ4n) is 2.97. The lowest BCUT2D eigenvalue weighted by Gasteiger charge is -2.16. The highest BCUT2D eigenvalue weighted by Gasteiger charge is 2.35.